The van der Waals surface area contributed by atoms with E-state index < -0.39 is 16.3 Å². The standard InChI is InChI=1S/C13H20FN3O2S/c1-10-3-4-12(9-13(10)14)11(2)16-20(18,19)17-7-5-15-6-8-17/h3-4,9,11,15-16H,5-8H2,1-2H3. The monoisotopic (exact) mass is 301 g/mol. The zero-order valence-corrected chi connectivity index (χ0v) is 12.5. The molecule has 1 unspecified atom stereocenters. The van der Waals surface area contributed by atoms with Gasteiger partial charge in [0.25, 0.3) is 10.2 Å². The molecule has 5 nitrogen and oxygen atoms in total. The first-order chi connectivity index (χ1) is 9.40. The molecule has 2 N–H and O–H groups in total. The van der Waals surface area contributed by atoms with Crippen molar-refractivity contribution in [2.75, 3.05) is 26.2 Å². The number of nitrogens with zero attached hydrogens (tertiary/aromatic N) is 1. The predicted octanol–water partition coefficient (Wildman–Crippen LogP) is 0.935. The molecule has 0 saturated carbocycles. The second-order valence-electron chi connectivity index (χ2n) is 5.00. The Hall–Kier alpha value is -1.02. The van der Waals surface area contributed by atoms with Crippen LogP contribution in [0.1, 0.15) is 24.1 Å². The summed E-state index contributed by atoms with van der Waals surface area (Å²) in [6.07, 6.45) is 0. The largest absolute Gasteiger partial charge is 0.314 e. The highest BCUT2D eigenvalue weighted by Crippen LogP contribution is 2.18. The molecule has 0 radical (unpaired) electrons. The highest BCUT2D eigenvalue weighted by Gasteiger charge is 2.25. The Bertz CT molecular complexity index is 571. The van der Waals surface area contributed by atoms with Gasteiger partial charge in [-0.3, -0.25) is 0 Å². The van der Waals surface area contributed by atoms with Crippen LogP contribution in [-0.4, -0.2) is 38.9 Å². The Morgan fingerprint density at radius 1 is 1.35 bits per heavy atom. The third kappa shape index (κ3) is 3.54. The van der Waals surface area contributed by atoms with E-state index >= 15 is 0 Å². The first-order valence-electron chi connectivity index (χ1n) is 6.64. The Morgan fingerprint density at radius 3 is 2.60 bits per heavy atom. The van der Waals surface area contributed by atoms with Crippen LogP contribution in [0.15, 0.2) is 18.2 Å². The Kier molecular flexibility index (Phi) is 4.74. The molecule has 0 aromatic heterocycles. The van der Waals surface area contributed by atoms with Crippen molar-refractivity contribution in [3.63, 3.8) is 0 Å². The zero-order valence-electron chi connectivity index (χ0n) is 11.7. The summed E-state index contributed by atoms with van der Waals surface area (Å²) >= 11 is 0. The molecule has 0 bridgehead atoms. The van der Waals surface area contributed by atoms with E-state index in [-0.39, 0.29) is 5.82 Å². The van der Waals surface area contributed by atoms with E-state index in [0.29, 0.717) is 37.3 Å². The Balaban J connectivity index is 2.09. The molecule has 1 aromatic carbocycles. The normalized spacial score (nSPS) is 18.9. The highest BCUT2D eigenvalue weighted by molar-refractivity contribution is 7.87. The van der Waals surface area contributed by atoms with Gasteiger partial charge in [-0.15, -0.1) is 0 Å². The summed E-state index contributed by atoms with van der Waals surface area (Å²) in [6, 6.07) is 4.30. The lowest BCUT2D eigenvalue weighted by molar-refractivity contribution is 0.352. The highest BCUT2D eigenvalue weighted by atomic mass is 32.2. The van der Waals surface area contributed by atoms with Crippen molar-refractivity contribution < 1.29 is 12.8 Å². The average molecular weight is 301 g/mol. The van der Waals surface area contributed by atoms with Crippen LogP contribution in [0.25, 0.3) is 0 Å². The summed E-state index contributed by atoms with van der Waals surface area (Å²) in [7, 11) is -3.53. The molecule has 112 valence electrons. The number of nitrogens with one attached hydrogen (secondary N) is 2. The van der Waals surface area contributed by atoms with Crippen LogP contribution in [0.2, 0.25) is 0 Å². The molecule has 2 rings (SSSR count). The summed E-state index contributed by atoms with van der Waals surface area (Å²) in [4.78, 5) is 0. The molecule has 1 saturated heterocycles. The van der Waals surface area contributed by atoms with Gasteiger partial charge in [0.15, 0.2) is 0 Å². The van der Waals surface area contributed by atoms with Crippen molar-refractivity contribution in [2.45, 2.75) is 19.9 Å². The van der Waals surface area contributed by atoms with Crippen LogP contribution in [0.5, 0.6) is 0 Å². The minimum atomic E-state index is -3.53. The van der Waals surface area contributed by atoms with Gasteiger partial charge in [0.2, 0.25) is 0 Å². The SMILES string of the molecule is Cc1ccc(C(C)NS(=O)(=O)N2CCNCC2)cc1F. The van der Waals surface area contributed by atoms with Crippen molar-refractivity contribution in [2.24, 2.45) is 0 Å². The lowest BCUT2D eigenvalue weighted by Gasteiger charge is -2.28. The maximum atomic E-state index is 13.5. The minimum Gasteiger partial charge on any atom is -0.314 e. The molecule has 1 heterocycles. The first kappa shape index (κ1) is 15.4. The summed E-state index contributed by atoms with van der Waals surface area (Å²) < 4.78 is 42.0. The maximum Gasteiger partial charge on any atom is 0.280 e. The second-order valence-corrected chi connectivity index (χ2v) is 6.70. The number of aryl methyl sites for hydroxylation is 1. The lowest BCUT2D eigenvalue weighted by Crippen LogP contribution is -2.50. The third-order valence-electron chi connectivity index (χ3n) is 3.44. The number of benzene rings is 1. The fourth-order valence-corrected chi connectivity index (χ4v) is 3.52. The van der Waals surface area contributed by atoms with Crippen molar-refractivity contribution in [3.8, 4) is 0 Å². The summed E-state index contributed by atoms with van der Waals surface area (Å²) in [5.41, 5.74) is 1.16. The zero-order chi connectivity index (χ0) is 14.8. The number of hydrogen-bond donors (Lipinski definition) is 2. The van der Waals surface area contributed by atoms with Gasteiger partial charge in [0.1, 0.15) is 5.82 Å². The number of halogens is 1. The molecule has 1 atom stereocenters. The average Bonchev–Trinajstić information content (AvgIpc) is 2.42. The molecule has 1 fully saturated rings. The molecule has 1 aliphatic rings. The smallest absolute Gasteiger partial charge is 0.280 e. The van der Waals surface area contributed by atoms with Gasteiger partial charge in [0, 0.05) is 32.2 Å². The van der Waals surface area contributed by atoms with E-state index in [0.717, 1.165) is 0 Å². The fourth-order valence-electron chi connectivity index (χ4n) is 2.13. The van der Waals surface area contributed by atoms with Crippen LogP contribution < -0.4 is 10.0 Å². The van der Waals surface area contributed by atoms with Gasteiger partial charge in [-0.2, -0.15) is 17.4 Å². The number of piperazine rings is 1. The molecule has 1 aliphatic heterocycles. The van der Waals surface area contributed by atoms with Crippen molar-refractivity contribution in [1.29, 1.82) is 0 Å². The number of rotatable bonds is 4. The van der Waals surface area contributed by atoms with E-state index in [9.17, 15) is 12.8 Å². The fraction of sp³-hybridized carbons (Fsp3) is 0.538. The third-order valence-corrected chi connectivity index (χ3v) is 5.13. The molecular weight excluding hydrogens is 281 g/mol. The Labute approximate surface area is 119 Å². The van der Waals surface area contributed by atoms with Crippen LogP contribution in [0.4, 0.5) is 4.39 Å². The van der Waals surface area contributed by atoms with E-state index in [1.165, 1.54) is 10.4 Å². The summed E-state index contributed by atoms with van der Waals surface area (Å²) in [5.74, 6) is -0.323. The van der Waals surface area contributed by atoms with Crippen LogP contribution >= 0.6 is 0 Å². The molecule has 0 aliphatic carbocycles. The molecule has 0 amide bonds. The van der Waals surface area contributed by atoms with Crippen LogP contribution in [0.3, 0.4) is 0 Å². The van der Waals surface area contributed by atoms with Crippen molar-refractivity contribution >= 4 is 10.2 Å². The van der Waals surface area contributed by atoms with E-state index in [1.807, 2.05) is 0 Å². The Morgan fingerprint density at radius 2 is 2.00 bits per heavy atom. The van der Waals surface area contributed by atoms with Gasteiger partial charge >= 0.3 is 0 Å². The minimum absolute atomic E-state index is 0.323. The molecule has 1 aromatic rings. The van der Waals surface area contributed by atoms with Gasteiger partial charge in [0.05, 0.1) is 0 Å². The summed E-state index contributed by atoms with van der Waals surface area (Å²) in [5, 5.41) is 3.10. The molecular formula is C13H20FN3O2S. The van der Waals surface area contributed by atoms with Gasteiger partial charge in [-0.1, -0.05) is 12.1 Å². The van der Waals surface area contributed by atoms with E-state index in [4.69, 9.17) is 0 Å². The first-order valence-corrected chi connectivity index (χ1v) is 8.08. The number of hydrogen-bond acceptors (Lipinski definition) is 3. The van der Waals surface area contributed by atoms with Crippen LogP contribution in [0, 0.1) is 12.7 Å². The van der Waals surface area contributed by atoms with E-state index in [1.54, 1.807) is 26.0 Å². The van der Waals surface area contributed by atoms with Gasteiger partial charge in [-0.25, -0.2) is 4.39 Å². The quantitative estimate of drug-likeness (QED) is 0.870. The predicted molar refractivity (Wildman–Crippen MR) is 76.1 cm³/mol. The summed E-state index contributed by atoms with van der Waals surface area (Å²) in [6.45, 7) is 5.58. The topological polar surface area (TPSA) is 61.4 Å². The van der Waals surface area contributed by atoms with Gasteiger partial charge in [-0.05, 0) is 31.0 Å². The second kappa shape index (κ2) is 6.17. The van der Waals surface area contributed by atoms with Crippen LogP contribution in [-0.2, 0) is 10.2 Å². The van der Waals surface area contributed by atoms with Crippen molar-refractivity contribution in [3.05, 3.63) is 35.1 Å². The van der Waals surface area contributed by atoms with Gasteiger partial charge < -0.3 is 5.32 Å². The lowest BCUT2D eigenvalue weighted by atomic mass is 10.1. The molecule has 7 heteroatoms. The van der Waals surface area contributed by atoms with Crippen molar-refractivity contribution in [1.82, 2.24) is 14.3 Å². The molecule has 20 heavy (non-hydrogen) atoms. The maximum absolute atomic E-state index is 13.5. The van der Waals surface area contributed by atoms with E-state index in [2.05, 4.69) is 10.0 Å². The molecule has 0 spiro atoms.